The van der Waals surface area contributed by atoms with Crippen molar-refractivity contribution in [3.8, 4) is 5.75 Å². The summed E-state index contributed by atoms with van der Waals surface area (Å²) in [6.07, 6.45) is 0.863. The maximum absolute atomic E-state index is 14.9. The molecule has 0 saturated carbocycles. The minimum Gasteiger partial charge on any atom is -0.444 e. The Morgan fingerprint density at radius 1 is 1.21 bits per heavy atom. The van der Waals surface area contributed by atoms with Crippen LogP contribution in [0.2, 0.25) is 5.28 Å². The fourth-order valence-electron chi connectivity index (χ4n) is 4.45. The first-order valence-electron chi connectivity index (χ1n) is 10.6. The minimum atomic E-state index is -3.37. The molecule has 0 radical (unpaired) electrons. The lowest BCUT2D eigenvalue weighted by atomic mass is 10.0. The zero-order valence-corrected chi connectivity index (χ0v) is 20.9. The Balaban J connectivity index is 1.78. The largest absolute Gasteiger partial charge is 0.444 e. The van der Waals surface area contributed by atoms with Gasteiger partial charge in [0.15, 0.2) is 17.4 Å². The normalized spacial score (nSPS) is 20.8. The number of likely N-dealkylation sites (tertiary alicyclic amines) is 1. The van der Waals surface area contributed by atoms with Gasteiger partial charge in [0.05, 0.1) is 15.9 Å². The van der Waals surface area contributed by atoms with Crippen LogP contribution >= 0.6 is 27.5 Å². The standard InChI is InChI=1S/C21H22BrClF4N4O3/c1-21(2,3)34-20(32)31-7-9-4-5-30(8-10(31)6-9)17-11-15(28-18(23)29-17)13(24)12(22)14(25)16(11)33-19(26)27/h9-10,19H,4-8H2,1-3H3. The molecule has 0 aliphatic carbocycles. The second-order valence-corrected chi connectivity index (χ2v) is 10.4. The van der Waals surface area contributed by atoms with Crippen molar-refractivity contribution in [3.05, 3.63) is 21.4 Å². The first kappa shape index (κ1) is 25.0. The highest BCUT2D eigenvalue weighted by Gasteiger charge is 2.41. The van der Waals surface area contributed by atoms with Crippen LogP contribution in [0.5, 0.6) is 5.75 Å². The number of ether oxygens (including phenoxy) is 2. The number of hydrogen-bond acceptors (Lipinski definition) is 6. The van der Waals surface area contributed by atoms with Gasteiger partial charge in [0.25, 0.3) is 0 Å². The predicted octanol–water partition coefficient (Wildman–Crippen LogP) is 5.76. The van der Waals surface area contributed by atoms with E-state index in [1.54, 1.807) is 30.6 Å². The summed E-state index contributed by atoms with van der Waals surface area (Å²) in [5.74, 6) is -3.22. The molecule has 2 atom stereocenters. The first-order valence-corrected chi connectivity index (χ1v) is 11.8. The molecule has 0 N–H and O–H groups in total. The van der Waals surface area contributed by atoms with Crippen molar-refractivity contribution in [2.24, 2.45) is 5.92 Å². The molecule has 2 aliphatic rings. The van der Waals surface area contributed by atoms with E-state index in [4.69, 9.17) is 16.3 Å². The lowest BCUT2D eigenvalue weighted by Crippen LogP contribution is -2.46. The van der Waals surface area contributed by atoms with Crippen LogP contribution < -0.4 is 9.64 Å². The third-order valence-corrected chi connectivity index (χ3v) is 6.62. The number of rotatable bonds is 3. The molecule has 1 amide bonds. The van der Waals surface area contributed by atoms with Crippen LogP contribution in [0.1, 0.15) is 33.6 Å². The van der Waals surface area contributed by atoms with Crippen molar-refractivity contribution in [3.63, 3.8) is 0 Å². The molecule has 1 aromatic heterocycles. The van der Waals surface area contributed by atoms with Crippen LogP contribution in [0.15, 0.2) is 4.47 Å². The molecule has 0 spiro atoms. The minimum absolute atomic E-state index is 0.0485. The highest BCUT2D eigenvalue weighted by molar-refractivity contribution is 9.10. The second-order valence-electron chi connectivity index (χ2n) is 9.31. The van der Waals surface area contributed by atoms with Gasteiger partial charge in [0, 0.05) is 19.6 Å². The van der Waals surface area contributed by atoms with E-state index < -0.39 is 45.7 Å². The maximum atomic E-state index is 14.9. The van der Waals surface area contributed by atoms with Gasteiger partial charge in [0.1, 0.15) is 16.9 Å². The Labute approximate surface area is 206 Å². The zero-order valence-electron chi connectivity index (χ0n) is 18.5. The number of nitrogens with zero attached hydrogens (tertiary/aromatic N) is 4. The van der Waals surface area contributed by atoms with E-state index in [2.05, 4.69) is 30.6 Å². The Morgan fingerprint density at radius 3 is 2.56 bits per heavy atom. The molecule has 34 heavy (non-hydrogen) atoms. The number of carbonyl (C=O) groups excluding carboxylic acids is 1. The lowest BCUT2D eigenvalue weighted by Gasteiger charge is -2.34. The summed E-state index contributed by atoms with van der Waals surface area (Å²) >= 11 is 8.76. The number of carbonyl (C=O) groups is 1. The van der Waals surface area contributed by atoms with Gasteiger partial charge >= 0.3 is 12.7 Å². The smallest absolute Gasteiger partial charge is 0.410 e. The fraction of sp³-hybridized carbons (Fsp3) is 0.571. The average molecular weight is 570 g/mol. The summed E-state index contributed by atoms with van der Waals surface area (Å²) in [6, 6.07) is -0.282. The van der Waals surface area contributed by atoms with E-state index in [0.717, 1.165) is 0 Å². The maximum Gasteiger partial charge on any atom is 0.410 e. The fourth-order valence-corrected chi connectivity index (χ4v) is 4.98. The number of fused-ring (bicyclic) bond motifs is 3. The number of alkyl halides is 2. The summed E-state index contributed by atoms with van der Waals surface area (Å²) < 4.78 is 65.3. The average Bonchev–Trinajstić information content (AvgIpc) is 3.00. The first-order chi connectivity index (χ1) is 15.9. The van der Waals surface area contributed by atoms with Gasteiger partial charge in [-0.15, -0.1) is 0 Å². The highest BCUT2D eigenvalue weighted by Crippen LogP contribution is 2.43. The molecule has 1 aromatic carbocycles. The van der Waals surface area contributed by atoms with Gasteiger partial charge in [-0.25, -0.2) is 18.6 Å². The van der Waals surface area contributed by atoms with Crippen LogP contribution in [0.25, 0.3) is 10.9 Å². The summed E-state index contributed by atoms with van der Waals surface area (Å²) in [5, 5.41) is -0.703. The van der Waals surface area contributed by atoms with Crippen LogP contribution in [0.3, 0.4) is 0 Å². The van der Waals surface area contributed by atoms with Crippen molar-refractivity contribution < 1.29 is 31.8 Å². The van der Waals surface area contributed by atoms with Crippen LogP contribution in [0, 0.1) is 17.6 Å². The summed E-state index contributed by atoms with van der Waals surface area (Å²) in [6.45, 7) is 3.09. The van der Waals surface area contributed by atoms with Crippen molar-refractivity contribution in [1.29, 1.82) is 0 Å². The molecule has 2 unspecified atom stereocenters. The Kier molecular flexibility index (Phi) is 6.75. The number of aromatic nitrogens is 2. The monoisotopic (exact) mass is 568 g/mol. The van der Waals surface area contributed by atoms with Gasteiger partial charge in [-0.3, -0.25) is 0 Å². The molecule has 4 rings (SSSR count). The molecule has 2 fully saturated rings. The number of benzene rings is 1. The summed E-state index contributed by atoms with van der Waals surface area (Å²) in [4.78, 5) is 24.0. The van der Waals surface area contributed by atoms with E-state index in [1.807, 2.05) is 0 Å². The van der Waals surface area contributed by atoms with Crippen LogP contribution in [0.4, 0.5) is 28.2 Å². The molecule has 2 bridgehead atoms. The molecular weight excluding hydrogens is 548 g/mol. The SMILES string of the molecule is CC(C)(C)OC(=O)N1CC2CCN(c3nc(Cl)nc4c(F)c(Br)c(F)c(OC(F)F)c34)CC1C2. The topological polar surface area (TPSA) is 67.8 Å². The van der Waals surface area contributed by atoms with E-state index >= 15 is 0 Å². The van der Waals surface area contributed by atoms with Gasteiger partial charge in [-0.2, -0.15) is 13.8 Å². The third-order valence-electron chi connectivity index (χ3n) is 5.76. The second kappa shape index (κ2) is 9.18. The third kappa shape index (κ3) is 4.84. The number of hydrogen-bond donors (Lipinski definition) is 0. The van der Waals surface area contributed by atoms with Gasteiger partial charge < -0.3 is 19.3 Å². The molecule has 13 heteroatoms. The van der Waals surface area contributed by atoms with E-state index in [-0.39, 0.29) is 35.0 Å². The van der Waals surface area contributed by atoms with Gasteiger partial charge in [-0.1, -0.05) is 0 Å². The quantitative estimate of drug-likeness (QED) is 0.266. The Bertz CT molecular complexity index is 1130. The van der Waals surface area contributed by atoms with Crippen molar-refractivity contribution in [2.45, 2.75) is 51.9 Å². The molecule has 3 heterocycles. The van der Waals surface area contributed by atoms with Crippen molar-refractivity contribution in [2.75, 3.05) is 24.5 Å². The van der Waals surface area contributed by atoms with Crippen molar-refractivity contribution in [1.82, 2.24) is 14.9 Å². The van der Waals surface area contributed by atoms with E-state index in [1.165, 1.54) is 0 Å². The number of halogens is 6. The van der Waals surface area contributed by atoms with Gasteiger partial charge in [0.2, 0.25) is 5.28 Å². The molecule has 2 aliphatic heterocycles. The molecular formula is C21H22BrClF4N4O3. The Hall–Kier alpha value is -2.08. The summed E-state index contributed by atoms with van der Waals surface area (Å²) in [7, 11) is 0. The van der Waals surface area contributed by atoms with Crippen LogP contribution in [-0.4, -0.2) is 58.8 Å². The van der Waals surface area contributed by atoms with Crippen LogP contribution in [-0.2, 0) is 4.74 Å². The highest BCUT2D eigenvalue weighted by atomic mass is 79.9. The predicted molar refractivity (Wildman–Crippen MR) is 120 cm³/mol. The Morgan fingerprint density at radius 2 is 1.91 bits per heavy atom. The zero-order chi connectivity index (χ0) is 24.9. The molecule has 2 saturated heterocycles. The van der Waals surface area contributed by atoms with Gasteiger partial charge in [-0.05, 0) is 67.1 Å². The molecule has 2 aromatic rings. The lowest BCUT2D eigenvalue weighted by molar-refractivity contribution is -0.0512. The summed E-state index contributed by atoms with van der Waals surface area (Å²) in [5.41, 5.74) is -1.14. The van der Waals surface area contributed by atoms with Crippen molar-refractivity contribution >= 4 is 50.3 Å². The number of anilines is 1. The molecule has 186 valence electrons. The number of amides is 1. The molecule has 7 nitrogen and oxygen atoms in total. The van der Waals surface area contributed by atoms with E-state index in [9.17, 15) is 22.4 Å². The van der Waals surface area contributed by atoms with E-state index in [0.29, 0.717) is 25.9 Å².